The van der Waals surface area contributed by atoms with Crippen molar-refractivity contribution in [1.82, 2.24) is 14.8 Å². The number of hydrogen-bond donors (Lipinski definition) is 1. The third kappa shape index (κ3) is 2.82. The molecule has 4 nitrogen and oxygen atoms in total. The summed E-state index contributed by atoms with van der Waals surface area (Å²) in [5.74, 6) is 0. The predicted octanol–water partition coefficient (Wildman–Crippen LogP) is 3.25. The molecule has 0 bridgehead atoms. The van der Waals surface area contributed by atoms with E-state index in [4.69, 9.17) is 0 Å². The molecule has 0 aliphatic carbocycles. The fourth-order valence-corrected chi connectivity index (χ4v) is 2.53. The standard InChI is InChI=1S/C14H14N4S/c1-11-10-19-14(17-11)9-15-12-3-5-13(6-4-12)18-8-2-7-16-18/h2-8,10,15H,9H2,1H3. The lowest BCUT2D eigenvalue weighted by Gasteiger charge is -2.06. The molecule has 0 spiro atoms. The zero-order chi connectivity index (χ0) is 13.1. The van der Waals surface area contributed by atoms with E-state index in [2.05, 4.69) is 32.9 Å². The first-order valence-corrected chi connectivity index (χ1v) is 6.94. The highest BCUT2D eigenvalue weighted by Gasteiger charge is 2.00. The Hall–Kier alpha value is -2.14. The van der Waals surface area contributed by atoms with Gasteiger partial charge in [0, 0.05) is 29.2 Å². The summed E-state index contributed by atoms with van der Waals surface area (Å²) in [6, 6.07) is 10.1. The molecule has 0 aliphatic rings. The van der Waals surface area contributed by atoms with E-state index in [1.807, 2.05) is 36.0 Å². The summed E-state index contributed by atoms with van der Waals surface area (Å²) in [6.07, 6.45) is 3.71. The van der Waals surface area contributed by atoms with Crippen LogP contribution < -0.4 is 5.32 Å². The first kappa shape index (κ1) is 11.9. The minimum absolute atomic E-state index is 0.764. The highest BCUT2D eigenvalue weighted by Crippen LogP contribution is 2.15. The van der Waals surface area contributed by atoms with Crippen LogP contribution in [0, 0.1) is 6.92 Å². The Morgan fingerprint density at radius 1 is 1.26 bits per heavy atom. The van der Waals surface area contributed by atoms with E-state index in [0.717, 1.165) is 28.6 Å². The van der Waals surface area contributed by atoms with Crippen LogP contribution in [0.3, 0.4) is 0 Å². The molecule has 2 heterocycles. The molecular formula is C14H14N4S. The maximum Gasteiger partial charge on any atom is 0.112 e. The second kappa shape index (κ2) is 5.24. The predicted molar refractivity (Wildman–Crippen MR) is 77.7 cm³/mol. The van der Waals surface area contributed by atoms with Crippen molar-refractivity contribution in [3.63, 3.8) is 0 Å². The van der Waals surface area contributed by atoms with Crippen LogP contribution in [0.15, 0.2) is 48.1 Å². The third-order valence-corrected chi connectivity index (χ3v) is 3.71. The highest BCUT2D eigenvalue weighted by atomic mass is 32.1. The molecule has 96 valence electrons. The van der Waals surface area contributed by atoms with Crippen LogP contribution >= 0.6 is 11.3 Å². The van der Waals surface area contributed by atoms with Gasteiger partial charge in [0.1, 0.15) is 5.01 Å². The largest absolute Gasteiger partial charge is 0.379 e. The average Bonchev–Trinajstić information content (AvgIpc) is 3.08. The van der Waals surface area contributed by atoms with Gasteiger partial charge in [-0.25, -0.2) is 9.67 Å². The van der Waals surface area contributed by atoms with E-state index in [1.165, 1.54) is 0 Å². The number of anilines is 1. The van der Waals surface area contributed by atoms with E-state index in [9.17, 15) is 0 Å². The minimum Gasteiger partial charge on any atom is -0.379 e. The van der Waals surface area contributed by atoms with E-state index in [0.29, 0.717) is 0 Å². The number of benzene rings is 1. The van der Waals surface area contributed by atoms with Crippen molar-refractivity contribution in [3.05, 3.63) is 58.8 Å². The van der Waals surface area contributed by atoms with Gasteiger partial charge in [0.05, 0.1) is 12.2 Å². The summed E-state index contributed by atoms with van der Waals surface area (Å²) in [6.45, 7) is 2.78. The number of nitrogens with zero attached hydrogens (tertiary/aromatic N) is 3. The van der Waals surface area contributed by atoms with Crippen LogP contribution in [0.1, 0.15) is 10.7 Å². The zero-order valence-corrected chi connectivity index (χ0v) is 11.4. The highest BCUT2D eigenvalue weighted by molar-refractivity contribution is 7.09. The average molecular weight is 270 g/mol. The van der Waals surface area contributed by atoms with E-state index in [-0.39, 0.29) is 0 Å². The van der Waals surface area contributed by atoms with Gasteiger partial charge in [-0.2, -0.15) is 5.10 Å². The van der Waals surface area contributed by atoms with Crippen LogP contribution in [-0.2, 0) is 6.54 Å². The Morgan fingerprint density at radius 3 is 2.74 bits per heavy atom. The van der Waals surface area contributed by atoms with Gasteiger partial charge in [0.25, 0.3) is 0 Å². The Labute approximate surface area is 115 Å². The SMILES string of the molecule is Cc1csc(CNc2ccc(-n3cccn3)cc2)n1. The van der Waals surface area contributed by atoms with Crippen molar-refractivity contribution in [1.29, 1.82) is 0 Å². The lowest BCUT2D eigenvalue weighted by atomic mass is 10.3. The van der Waals surface area contributed by atoms with E-state index < -0.39 is 0 Å². The maximum absolute atomic E-state index is 4.43. The monoisotopic (exact) mass is 270 g/mol. The molecule has 0 saturated heterocycles. The van der Waals surface area contributed by atoms with Gasteiger partial charge < -0.3 is 5.32 Å². The Balaban J connectivity index is 1.66. The summed E-state index contributed by atoms with van der Waals surface area (Å²) in [7, 11) is 0. The molecule has 19 heavy (non-hydrogen) atoms. The van der Waals surface area contributed by atoms with Crippen molar-refractivity contribution in [2.45, 2.75) is 13.5 Å². The van der Waals surface area contributed by atoms with Gasteiger partial charge >= 0.3 is 0 Å². The molecule has 2 aromatic heterocycles. The van der Waals surface area contributed by atoms with Gasteiger partial charge in [-0.15, -0.1) is 11.3 Å². The first-order chi connectivity index (χ1) is 9.31. The topological polar surface area (TPSA) is 42.7 Å². The van der Waals surface area contributed by atoms with Crippen LogP contribution in [0.2, 0.25) is 0 Å². The molecular weight excluding hydrogens is 256 g/mol. The quantitative estimate of drug-likeness (QED) is 0.791. The molecule has 0 radical (unpaired) electrons. The molecule has 3 rings (SSSR count). The van der Waals surface area contributed by atoms with Crippen molar-refractivity contribution < 1.29 is 0 Å². The molecule has 0 fully saturated rings. The van der Waals surface area contributed by atoms with Gasteiger partial charge in [-0.1, -0.05) is 0 Å². The van der Waals surface area contributed by atoms with Gasteiger partial charge in [-0.3, -0.25) is 0 Å². The molecule has 0 unspecified atom stereocenters. The van der Waals surface area contributed by atoms with E-state index in [1.54, 1.807) is 17.5 Å². The van der Waals surface area contributed by atoms with Gasteiger partial charge in [0.2, 0.25) is 0 Å². The smallest absolute Gasteiger partial charge is 0.112 e. The molecule has 0 atom stereocenters. The minimum atomic E-state index is 0.764. The Bertz CT molecular complexity index is 640. The molecule has 1 N–H and O–H groups in total. The second-order valence-electron chi connectivity index (χ2n) is 4.23. The number of hydrogen-bond acceptors (Lipinski definition) is 4. The molecule has 1 aromatic carbocycles. The maximum atomic E-state index is 4.43. The normalized spacial score (nSPS) is 10.6. The fraction of sp³-hybridized carbons (Fsp3) is 0.143. The molecule has 0 saturated carbocycles. The van der Waals surface area contributed by atoms with Crippen LogP contribution in [0.5, 0.6) is 0 Å². The second-order valence-corrected chi connectivity index (χ2v) is 5.18. The summed E-state index contributed by atoms with van der Waals surface area (Å²) in [4.78, 5) is 4.43. The Morgan fingerprint density at radius 2 is 2.11 bits per heavy atom. The summed E-state index contributed by atoms with van der Waals surface area (Å²) < 4.78 is 1.84. The van der Waals surface area contributed by atoms with Crippen LogP contribution in [0.4, 0.5) is 5.69 Å². The van der Waals surface area contributed by atoms with Crippen LogP contribution in [0.25, 0.3) is 5.69 Å². The molecule has 3 aromatic rings. The number of thiazole rings is 1. The van der Waals surface area contributed by atoms with Crippen LogP contribution in [-0.4, -0.2) is 14.8 Å². The lowest BCUT2D eigenvalue weighted by molar-refractivity contribution is 0.880. The van der Waals surface area contributed by atoms with Gasteiger partial charge in [-0.05, 0) is 37.3 Å². The number of aryl methyl sites for hydroxylation is 1. The first-order valence-electron chi connectivity index (χ1n) is 6.06. The van der Waals surface area contributed by atoms with Crippen molar-refractivity contribution in [2.24, 2.45) is 0 Å². The molecule has 0 amide bonds. The van der Waals surface area contributed by atoms with Crippen molar-refractivity contribution in [3.8, 4) is 5.69 Å². The Kier molecular flexibility index (Phi) is 3.29. The van der Waals surface area contributed by atoms with Crippen molar-refractivity contribution >= 4 is 17.0 Å². The fourth-order valence-electron chi connectivity index (χ4n) is 1.82. The van der Waals surface area contributed by atoms with E-state index >= 15 is 0 Å². The zero-order valence-electron chi connectivity index (χ0n) is 10.6. The molecule has 5 heteroatoms. The third-order valence-electron chi connectivity index (χ3n) is 2.75. The van der Waals surface area contributed by atoms with Gasteiger partial charge in [0.15, 0.2) is 0 Å². The summed E-state index contributed by atoms with van der Waals surface area (Å²) >= 11 is 1.68. The summed E-state index contributed by atoms with van der Waals surface area (Å²) in [5, 5.41) is 10.7. The summed E-state index contributed by atoms with van der Waals surface area (Å²) in [5.41, 5.74) is 3.22. The number of nitrogens with one attached hydrogen (secondary N) is 1. The van der Waals surface area contributed by atoms with Crippen molar-refractivity contribution in [2.75, 3.05) is 5.32 Å². The lowest BCUT2D eigenvalue weighted by Crippen LogP contribution is -2.00. The molecule has 0 aliphatic heterocycles. The number of rotatable bonds is 4. The number of aromatic nitrogens is 3.